The van der Waals surface area contributed by atoms with Gasteiger partial charge in [-0.05, 0) is 78.1 Å². The predicted molar refractivity (Wildman–Crippen MR) is 138 cm³/mol. The van der Waals surface area contributed by atoms with Crippen LogP contribution in [0.4, 0.5) is 0 Å². The smallest absolute Gasteiger partial charge is 0.328 e. The maximum Gasteiger partial charge on any atom is 0.328 e. The molecular formula is C27H39N3O5. The Balaban J connectivity index is 0.000000466. The maximum atomic E-state index is 9.55. The number of unbranched alkanes of at least 4 members (excludes halogenated alkanes) is 3. The Morgan fingerprint density at radius 3 is 2.43 bits per heavy atom. The summed E-state index contributed by atoms with van der Waals surface area (Å²) in [7, 11) is 2.26. The fourth-order valence-corrected chi connectivity index (χ4v) is 3.68. The van der Waals surface area contributed by atoms with Crippen LogP contribution >= 0.6 is 0 Å². The molecule has 8 nitrogen and oxygen atoms in total. The summed E-state index contributed by atoms with van der Waals surface area (Å²) in [4.78, 5) is 21.6. The van der Waals surface area contributed by atoms with Crippen LogP contribution < -0.4 is 4.74 Å². The fraction of sp³-hybridized carbons (Fsp3) is 0.519. The molecule has 0 spiro atoms. The Hall–Kier alpha value is -3.13. The molecule has 1 aliphatic carbocycles. The van der Waals surface area contributed by atoms with Crippen LogP contribution in [0.25, 0.3) is 10.9 Å². The molecule has 2 aromatic rings. The number of fused-ring (bicyclic) bond motifs is 1. The summed E-state index contributed by atoms with van der Waals surface area (Å²) >= 11 is 0. The molecule has 1 saturated carbocycles. The maximum absolute atomic E-state index is 9.55. The number of H-pyrrole nitrogens is 1. The van der Waals surface area contributed by atoms with Crippen molar-refractivity contribution in [3.05, 3.63) is 47.7 Å². The van der Waals surface area contributed by atoms with E-state index >= 15 is 0 Å². The van der Waals surface area contributed by atoms with Crippen LogP contribution in [0.3, 0.4) is 0 Å². The third-order valence-corrected chi connectivity index (χ3v) is 5.77. The standard InChI is InChI=1S/C23H35N3O.C4H4O4/c1-18(2)9-8-10-22-21-14-13-20(17-23(21)25-24-22)27-16-7-5-4-6-15-26(3)19-11-12-19;5-3(6)1-2-4(7)8/h9,13-14,17,19H,4-8,10-12,15-16H2,1-3H3,(H,24,25);1-2H,(H,5,6)(H,7,8). The molecule has 35 heavy (non-hydrogen) atoms. The van der Waals surface area contributed by atoms with Gasteiger partial charge in [-0.2, -0.15) is 5.10 Å². The van der Waals surface area contributed by atoms with E-state index in [1.54, 1.807) is 0 Å². The van der Waals surface area contributed by atoms with Gasteiger partial charge in [0.25, 0.3) is 0 Å². The molecule has 0 amide bonds. The van der Waals surface area contributed by atoms with Crippen LogP contribution in [0.15, 0.2) is 42.0 Å². The van der Waals surface area contributed by atoms with Crippen molar-refractivity contribution in [1.29, 1.82) is 0 Å². The predicted octanol–water partition coefficient (Wildman–Crippen LogP) is 5.21. The van der Waals surface area contributed by atoms with Gasteiger partial charge in [-0.15, -0.1) is 0 Å². The zero-order valence-electron chi connectivity index (χ0n) is 21.1. The van der Waals surface area contributed by atoms with Gasteiger partial charge in [-0.1, -0.05) is 24.5 Å². The van der Waals surface area contributed by atoms with Crippen molar-refractivity contribution in [2.75, 3.05) is 20.2 Å². The highest BCUT2D eigenvalue weighted by atomic mass is 16.5. The molecule has 1 aromatic heterocycles. The molecule has 0 unspecified atom stereocenters. The average Bonchev–Trinajstić information content (AvgIpc) is 3.59. The molecule has 0 atom stereocenters. The van der Waals surface area contributed by atoms with E-state index in [0.29, 0.717) is 12.2 Å². The number of hydrogen-bond acceptors (Lipinski definition) is 5. The monoisotopic (exact) mass is 485 g/mol. The van der Waals surface area contributed by atoms with Crippen molar-refractivity contribution in [3.63, 3.8) is 0 Å². The number of rotatable bonds is 14. The summed E-state index contributed by atoms with van der Waals surface area (Å²) in [5.74, 6) is -1.59. The van der Waals surface area contributed by atoms with E-state index in [-0.39, 0.29) is 0 Å². The van der Waals surface area contributed by atoms with Gasteiger partial charge in [-0.3, -0.25) is 5.10 Å². The lowest BCUT2D eigenvalue weighted by Gasteiger charge is -2.14. The van der Waals surface area contributed by atoms with Crippen molar-refractivity contribution in [2.45, 2.75) is 71.3 Å². The minimum atomic E-state index is -1.26. The molecule has 1 heterocycles. The van der Waals surface area contributed by atoms with E-state index in [9.17, 15) is 9.59 Å². The number of nitrogens with one attached hydrogen (secondary N) is 1. The number of carboxylic acids is 2. The van der Waals surface area contributed by atoms with Gasteiger partial charge >= 0.3 is 11.9 Å². The Morgan fingerprint density at radius 1 is 1.11 bits per heavy atom. The third-order valence-electron chi connectivity index (χ3n) is 5.77. The number of ether oxygens (including phenoxy) is 1. The first-order chi connectivity index (χ1) is 16.8. The normalized spacial score (nSPS) is 13.0. The van der Waals surface area contributed by atoms with Crippen molar-refractivity contribution in [3.8, 4) is 5.75 Å². The van der Waals surface area contributed by atoms with Crippen molar-refractivity contribution in [2.24, 2.45) is 0 Å². The quantitative estimate of drug-likeness (QED) is 0.191. The number of aromatic nitrogens is 2. The summed E-state index contributed by atoms with van der Waals surface area (Å²) in [5.41, 5.74) is 3.58. The topological polar surface area (TPSA) is 116 Å². The van der Waals surface area contributed by atoms with Crippen LogP contribution in [0, 0.1) is 0 Å². The van der Waals surface area contributed by atoms with Crippen molar-refractivity contribution >= 4 is 22.8 Å². The molecular weight excluding hydrogens is 446 g/mol. The second-order valence-corrected chi connectivity index (χ2v) is 9.19. The van der Waals surface area contributed by atoms with Crippen molar-refractivity contribution in [1.82, 2.24) is 15.1 Å². The number of nitrogens with zero attached hydrogens (tertiary/aromatic N) is 2. The molecule has 3 rings (SSSR count). The highest BCUT2D eigenvalue weighted by Crippen LogP contribution is 2.25. The largest absolute Gasteiger partial charge is 0.494 e. The lowest BCUT2D eigenvalue weighted by molar-refractivity contribution is -0.134. The van der Waals surface area contributed by atoms with Gasteiger partial charge in [0.1, 0.15) is 5.75 Å². The third kappa shape index (κ3) is 11.7. The SMILES string of the molecule is CC(C)=CCCc1[nH]nc2cc(OCCCCCCN(C)C3CC3)ccc12.O=C(O)C=CC(=O)O. The molecule has 0 radical (unpaired) electrons. The second kappa shape index (κ2) is 15.0. The van der Waals surface area contributed by atoms with Crippen LogP contribution in [-0.2, 0) is 16.0 Å². The van der Waals surface area contributed by atoms with Gasteiger partial charge in [0, 0.05) is 35.3 Å². The summed E-state index contributed by atoms with van der Waals surface area (Å²) < 4.78 is 5.94. The number of carbonyl (C=O) groups is 2. The van der Waals surface area contributed by atoms with Crippen LogP contribution in [-0.4, -0.2) is 63.5 Å². The minimum absolute atomic E-state index is 0.558. The molecule has 1 aromatic carbocycles. The fourth-order valence-electron chi connectivity index (χ4n) is 3.68. The first kappa shape index (κ1) is 28.1. The second-order valence-electron chi connectivity index (χ2n) is 9.19. The first-order valence-electron chi connectivity index (χ1n) is 12.3. The Labute approximate surface area is 207 Å². The molecule has 0 aliphatic heterocycles. The van der Waals surface area contributed by atoms with Gasteiger partial charge in [0.2, 0.25) is 0 Å². The minimum Gasteiger partial charge on any atom is -0.494 e. The van der Waals surface area contributed by atoms with Gasteiger partial charge in [0.15, 0.2) is 0 Å². The van der Waals surface area contributed by atoms with E-state index in [1.165, 1.54) is 55.3 Å². The van der Waals surface area contributed by atoms with Crippen LogP contribution in [0.5, 0.6) is 5.75 Å². The molecule has 0 bridgehead atoms. The lowest BCUT2D eigenvalue weighted by Crippen LogP contribution is -2.21. The van der Waals surface area contributed by atoms with Crippen LogP contribution in [0.1, 0.15) is 64.5 Å². The number of carboxylic acid groups (broad SMARTS) is 2. The van der Waals surface area contributed by atoms with E-state index in [1.807, 2.05) is 0 Å². The Morgan fingerprint density at radius 2 is 1.80 bits per heavy atom. The van der Waals surface area contributed by atoms with E-state index in [2.05, 4.69) is 60.3 Å². The zero-order chi connectivity index (χ0) is 25.6. The number of allylic oxidation sites excluding steroid dienone is 2. The summed E-state index contributed by atoms with van der Waals surface area (Å²) in [6.07, 6.45) is 13.2. The van der Waals surface area contributed by atoms with E-state index in [0.717, 1.165) is 43.2 Å². The zero-order valence-corrected chi connectivity index (χ0v) is 21.1. The average molecular weight is 486 g/mol. The summed E-state index contributed by atoms with van der Waals surface area (Å²) in [5, 5.41) is 24.5. The number of aliphatic carboxylic acids is 2. The number of benzene rings is 1. The summed E-state index contributed by atoms with van der Waals surface area (Å²) in [6, 6.07) is 7.16. The summed E-state index contributed by atoms with van der Waals surface area (Å²) in [6.45, 7) is 6.32. The Bertz CT molecular complexity index is 987. The lowest BCUT2D eigenvalue weighted by atomic mass is 10.1. The number of hydrogen-bond donors (Lipinski definition) is 3. The number of aromatic amines is 1. The molecule has 1 aliphatic rings. The van der Waals surface area contributed by atoms with E-state index in [4.69, 9.17) is 14.9 Å². The van der Waals surface area contributed by atoms with Gasteiger partial charge in [-0.25, -0.2) is 9.59 Å². The highest BCUT2D eigenvalue weighted by Gasteiger charge is 2.25. The highest BCUT2D eigenvalue weighted by molar-refractivity contribution is 5.89. The molecule has 3 N–H and O–H groups in total. The van der Waals surface area contributed by atoms with Gasteiger partial charge < -0.3 is 19.8 Å². The molecule has 0 saturated heterocycles. The van der Waals surface area contributed by atoms with Crippen molar-refractivity contribution < 1.29 is 24.5 Å². The van der Waals surface area contributed by atoms with E-state index < -0.39 is 11.9 Å². The number of aryl methyl sites for hydroxylation is 1. The molecule has 192 valence electrons. The Kier molecular flexibility index (Phi) is 12.0. The molecule has 1 fully saturated rings. The first-order valence-corrected chi connectivity index (χ1v) is 12.3. The molecule has 8 heteroatoms. The van der Waals surface area contributed by atoms with Gasteiger partial charge in [0.05, 0.1) is 12.1 Å². The van der Waals surface area contributed by atoms with Crippen LogP contribution in [0.2, 0.25) is 0 Å².